The highest BCUT2D eigenvalue weighted by atomic mass is 127. The first-order chi connectivity index (χ1) is 12.0. The van der Waals surface area contributed by atoms with E-state index in [-0.39, 0.29) is 36.4 Å². The summed E-state index contributed by atoms with van der Waals surface area (Å²) in [5.41, 5.74) is 0.983. The maximum absolute atomic E-state index is 11.9. The van der Waals surface area contributed by atoms with Gasteiger partial charge in [-0.15, -0.1) is 24.0 Å². The summed E-state index contributed by atoms with van der Waals surface area (Å²) in [7, 11) is 3.52. The zero-order chi connectivity index (χ0) is 17.8. The molecule has 1 aromatic carbocycles. The molecule has 1 amide bonds. The van der Waals surface area contributed by atoms with E-state index in [1.165, 1.54) is 25.7 Å². The Kier molecular flexibility index (Phi) is 8.01. The molecule has 0 spiro atoms. The lowest BCUT2D eigenvalue weighted by Crippen LogP contribution is -2.48. The van der Waals surface area contributed by atoms with Crippen LogP contribution in [0.15, 0.2) is 29.3 Å². The van der Waals surface area contributed by atoms with Gasteiger partial charge < -0.3 is 15.5 Å². The number of fused-ring (bicyclic) bond motifs is 2. The van der Waals surface area contributed by atoms with Gasteiger partial charge in [0.1, 0.15) is 0 Å². The lowest BCUT2D eigenvalue weighted by Gasteiger charge is -2.25. The molecule has 0 aromatic heterocycles. The monoisotopic (exact) mass is 490 g/mol. The van der Waals surface area contributed by atoms with Gasteiger partial charge in [-0.05, 0) is 42.7 Å². The Bertz CT molecular complexity index is 652. The van der Waals surface area contributed by atoms with Gasteiger partial charge >= 0.3 is 0 Å². The lowest BCUT2D eigenvalue weighted by atomic mass is 9.95. The van der Waals surface area contributed by atoms with Crippen molar-refractivity contribution in [3.05, 3.63) is 34.9 Å². The number of aliphatic imine (C=N–C) groups is 1. The SMILES string of the molecule is CN(C)C(=O)CNC(=NCc1ccccc1Cl)NC1CC2CCC1C2.I. The second kappa shape index (κ2) is 9.78. The molecule has 144 valence electrons. The molecule has 3 atom stereocenters. The Balaban J connectivity index is 0.00000243. The van der Waals surface area contributed by atoms with Crippen LogP contribution in [-0.2, 0) is 11.3 Å². The van der Waals surface area contributed by atoms with E-state index in [1.54, 1.807) is 19.0 Å². The minimum Gasteiger partial charge on any atom is -0.353 e. The van der Waals surface area contributed by atoms with Gasteiger partial charge in [-0.2, -0.15) is 0 Å². The number of benzene rings is 1. The number of carbonyl (C=O) groups is 1. The molecule has 5 nitrogen and oxygen atoms in total. The van der Waals surface area contributed by atoms with E-state index < -0.39 is 0 Å². The van der Waals surface area contributed by atoms with Crippen molar-refractivity contribution >= 4 is 47.4 Å². The van der Waals surface area contributed by atoms with Gasteiger partial charge in [0.15, 0.2) is 5.96 Å². The number of nitrogens with one attached hydrogen (secondary N) is 2. The van der Waals surface area contributed by atoms with Gasteiger partial charge in [-0.1, -0.05) is 36.2 Å². The van der Waals surface area contributed by atoms with Gasteiger partial charge in [0.25, 0.3) is 0 Å². The Morgan fingerprint density at radius 1 is 1.27 bits per heavy atom. The largest absolute Gasteiger partial charge is 0.353 e. The first-order valence-corrected chi connectivity index (χ1v) is 9.39. The summed E-state index contributed by atoms with van der Waals surface area (Å²) in [5, 5.41) is 7.46. The Morgan fingerprint density at radius 2 is 2.04 bits per heavy atom. The average Bonchev–Trinajstić information content (AvgIpc) is 3.21. The van der Waals surface area contributed by atoms with Crippen molar-refractivity contribution in [2.75, 3.05) is 20.6 Å². The van der Waals surface area contributed by atoms with Crippen LogP contribution in [0.3, 0.4) is 0 Å². The number of amides is 1. The Morgan fingerprint density at radius 3 is 2.65 bits per heavy atom. The minimum absolute atomic E-state index is 0. The smallest absolute Gasteiger partial charge is 0.241 e. The average molecular weight is 491 g/mol. The standard InChI is InChI=1S/C19H27ClN4O.HI/c1-24(2)18(25)12-22-19(21-11-15-5-3-4-6-16(15)20)23-17-10-13-7-8-14(17)9-13;/h3-6,13-14,17H,7-12H2,1-2H3,(H2,21,22,23);1H. The van der Waals surface area contributed by atoms with Crippen molar-refractivity contribution in [2.24, 2.45) is 16.8 Å². The maximum atomic E-state index is 11.9. The van der Waals surface area contributed by atoms with Crippen LogP contribution in [-0.4, -0.2) is 43.4 Å². The number of hydrogen-bond acceptors (Lipinski definition) is 2. The second-order valence-corrected chi connectivity index (χ2v) is 7.73. The van der Waals surface area contributed by atoms with Crippen molar-refractivity contribution in [1.82, 2.24) is 15.5 Å². The maximum Gasteiger partial charge on any atom is 0.241 e. The number of nitrogens with zero attached hydrogens (tertiary/aromatic N) is 2. The molecule has 26 heavy (non-hydrogen) atoms. The summed E-state index contributed by atoms with van der Waals surface area (Å²) in [6.45, 7) is 0.730. The fraction of sp³-hybridized carbons (Fsp3) is 0.579. The summed E-state index contributed by atoms with van der Waals surface area (Å²) in [5.74, 6) is 2.32. The van der Waals surface area contributed by atoms with Crippen molar-refractivity contribution < 1.29 is 4.79 Å². The van der Waals surface area contributed by atoms with Crippen molar-refractivity contribution in [1.29, 1.82) is 0 Å². The molecule has 0 aliphatic heterocycles. The van der Waals surface area contributed by atoms with E-state index in [0.717, 1.165) is 22.4 Å². The van der Waals surface area contributed by atoms with Crippen LogP contribution in [0.4, 0.5) is 0 Å². The molecular formula is C19H28ClIN4O. The molecule has 0 saturated heterocycles. The van der Waals surface area contributed by atoms with E-state index >= 15 is 0 Å². The molecule has 1 aromatic rings. The second-order valence-electron chi connectivity index (χ2n) is 7.32. The van der Waals surface area contributed by atoms with Crippen LogP contribution in [0.5, 0.6) is 0 Å². The van der Waals surface area contributed by atoms with E-state index in [4.69, 9.17) is 11.6 Å². The molecule has 2 aliphatic carbocycles. The number of halogens is 2. The highest BCUT2D eigenvalue weighted by molar-refractivity contribution is 14.0. The van der Waals surface area contributed by atoms with Gasteiger partial charge in [-0.25, -0.2) is 4.99 Å². The molecule has 2 fully saturated rings. The summed E-state index contributed by atoms with van der Waals surface area (Å²) in [6, 6.07) is 8.19. The number of hydrogen-bond donors (Lipinski definition) is 2. The van der Waals surface area contributed by atoms with Crippen molar-refractivity contribution in [3.8, 4) is 0 Å². The third kappa shape index (κ3) is 5.49. The fourth-order valence-electron chi connectivity index (χ4n) is 3.86. The molecular weight excluding hydrogens is 463 g/mol. The molecule has 2 aliphatic rings. The molecule has 7 heteroatoms. The van der Waals surface area contributed by atoms with Crippen LogP contribution >= 0.6 is 35.6 Å². The molecule has 2 bridgehead atoms. The molecule has 0 radical (unpaired) electrons. The molecule has 3 unspecified atom stereocenters. The van der Waals surface area contributed by atoms with Gasteiger partial charge in [-0.3, -0.25) is 4.79 Å². The topological polar surface area (TPSA) is 56.7 Å². The fourth-order valence-corrected chi connectivity index (χ4v) is 4.05. The van der Waals surface area contributed by atoms with Crippen LogP contribution in [0.1, 0.15) is 31.2 Å². The predicted molar refractivity (Wildman–Crippen MR) is 117 cm³/mol. The summed E-state index contributed by atoms with van der Waals surface area (Å²) < 4.78 is 0. The summed E-state index contributed by atoms with van der Waals surface area (Å²) in [4.78, 5) is 18.2. The van der Waals surface area contributed by atoms with E-state index in [0.29, 0.717) is 18.5 Å². The first-order valence-electron chi connectivity index (χ1n) is 9.01. The Labute approximate surface area is 178 Å². The van der Waals surface area contributed by atoms with Gasteiger partial charge in [0.05, 0.1) is 13.1 Å². The molecule has 0 heterocycles. The third-order valence-electron chi connectivity index (χ3n) is 5.33. The lowest BCUT2D eigenvalue weighted by molar-refractivity contribution is -0.127. The molecule has 2 saturated carbocycles. The van der Waals surface area contributed by atoms with Crippen molar-refractivity contribution in [3.63, 3.8) is 0 Å². The summed E-state index contributed by atoms with van der Waals surface area (Å²) >= 11 is 6.23. The quantitative estimate of drug-likeness (QED) is 0.378. The highest BCUT2D eigenvalue weighted by Gasteiger charge is 2.39. The zero-order valence-corrected chi connectivity index (χ0v) is 18.5. The number of carbonyl (C=O) groups excluding carboxylic acids is 1. The molecule has 3 rings (SSSR count). The zero-order valence-electron chi connectivity index (χ0n) is 15.4. The summed E-state index contributed by atoms with van der Waals surface area (Å²) in [6.07, 6.45) is 5.20. The van der Waals surface area contributed by atoms with Crippen LogP contribution in [0.25, 0.3) is 0 Å². The van der Waals surface area contributed by atoms with E-state index in [1.807, 2.05) is 24.3 Å². The van der Waals surface area contributed by atoms with Gasteiger partial charge in [0.2, 0.25) is 5.91 Å². The highest BCUT2D eigenvalue weighted by Crippen LogP contribution is 2.44. The van der Waals surface area contributed by atoms with E-state index in [9.17, 15) is 4.79 Å². The van der Waals surface area contributed by atoms with Crippen molar-refractivity contribution in [2.45, 2.75) is 38.3 Å². The third-order valence-corrected chi connectivity index (χ3v) is 5.70. The number of rotatable bonds is 5. The van der Waals surface area contributed by atoms with E-state index in [2.05, 4.69) is 15.6 Å². The molecule has 2 N–H and O–H groups in total. The minimum atomic E-state index is 0. The van der Waals surface area contributed by atoms with Crippen LogP contribution in [0.2, 0.25) is 5.02 Å². The Hall–Kier alpha value is -1.02. The van der Waals surface area contributed by atoms with Crippen LogP contribution in [0, 0.1) is 11.8 Å². The number of guanidine groups is 1. The predicted octanol–water partition coefficient (Wildman–Crippen LogP) is 3.27. The number of likely N-dealkylation sites (N-methyl/N-ethyl adjacent to an activating group) is 1. The first kappa shape index (κ1) is 21.3. The normalized spacial score (nSPS) is 24.1. The van der Waals surface area contributed by atoms with Gasteiger partial charge in [0, 0.05) is 25.2 Å². The van der Waals surface area contributed by atoms with Crippen LogP contribution < -0.4 is 10.6 Å².